The van der Waals surface area contributed by atoms with Gasteiger partial charge in [-0.2, -0.15) is 0 Å². The molecule has 0 saturated heterocycles. The summed E-state index contributed by atoms with van der Waals surface area (Å²) >= 11 is 13.8. The summed E-state index contributed by atoms with van der Waals surface area (Å²) in [7, 11) is 0. The average molecular weight is 488 g/mol. The topological polar surface area (TPSA) is 77.2 Å². The lowest BCUT2D eigenvalue weighted by Gasteiger charge is -2.12. The van der Waals surface area contributed by atoms with Crippen molar-refractivity contribution in [3.8, 4) is 16.9 Å². The summed E-state index contributed by atoms with van der Waals surface area (Å²) in [5, 5.41) is 13.7. The first-order valence-corrected chi connectivity index (χ1v) is 11.4. The third kappa shape index (κ3) is 4.65. The molecule has 0 spiro atoms. The monoisotopic (exact) mass is 487 g/mol. The number of aryl methyl sites for hydroxylation is 1. The standard InChI is InChI=1S/C23H19Cl2N3O3S/c1-4-30-20-10-21-17(18(11-31-21)15-6-5-14(24)8-19(15)25)9-16(20)12(2)7-22(29)26-23-28-27-13(3)32-23/h5-11H,4H2,1-3H3,(H,26,28,29)/b12-7+. The van der Waals surface area contributed by atoms with Gasteiger partial charge < -0.3 is 9.15 Å². The van der Waals surface area contributed by atoms with Crippen LogP contribution in [0, 0.1) is 6.92 Å². The number of carbonyl (C=O) groups excluding carboxylic acids is 1. The van der Waals surface area contributed by atoms with E-state index >= 15 is 0 Å². The van der Waals surface area contributed by atoms with Gasteiger partial charge in [0.05, 0.1) is 17.9 Å². The van der Waals surface area contributed by atoms with Crippen LogP contribution in [0.1, 0.15) is 24.4 Å². The van der Waals surface area contributed by atoms with Gasteiger partial charge in [0, 0.05) is 39.2 Å². The maximum absolute atomic E-state index is 12.5. The number of nitrogens with zero attached hydrogens (tertiary/aromatic N) is 2. The van der Waals surface area contributed by atoms with Gasteiger partial charge in [-0.05, 0) is 44.5 Å². The lowest BCUT2D eigenvalue weighted by molar-refractivity contribution is -0.111. The molecule has 4 aromatic rings. The average Bonchev–Trinajstić information content (AvgIpc) is 3.33. The zero-order chi connectivity index (χ0) is 22.8. The molecule has 1 N–H and O–H groups in total. The van der Waals surface area contributed by atoms with Gasteiger partial charge in [0.15, 0.2) is 0 Å². The van der Waals surface area contributed by atoms with Crippen LogP contribution in [0.4, 0.5) is 5.13 Å². The Bertz CT molecular complexity index is 1340. The first-order valence-electron chi connectivity index (χ1n) is 9.79. The summed E-state index contributed by atoms with van der Waals surface area (Å²) in [4.78, 5) is 12.5. The molecule has 2 aromatic heterocycles. The van der Waals surface area contributed by atoms with Crippen molar-refractivity contribution >= 4 is 62.1 Å². The number of ether oxygens (including phenoxy) is 1. The van der Waals surface area contributed by atoms with E-state index in [1.165, 1.54) is 17.4 Å². The molecule has 0 aliphatic carbocycles. The third-order valence-corrected chi connectivity index (χ3v) is 6.03. The molecule has 2 heterocycles. The van der Waals surface area contributed by atoms with Gasteiger partial charge in [-0.1, -0.05) is 40.6 Å². The molecule has 6 nitrogen and oxygen atoms in total. The van der Waals surface area contributed by atoms with Crippen LogP contribution in [0.3, 0.4) is 0 Å². The number of allylic oxidation sites excluding steroid dienone is 1. The number of nitrogens with one attached hydrogen (secondary N) is 1. The van der Waals surface area contributed by atoms with Crippen LogP contribution in [0.25, 0.3) is 27.7 Å². The Balaban J connectivity index is 1.76. The highest BCUT2D eigenvalue weighted by atomic mass is 35.5. The van der Waals surface area contributed by atoms with Crippen LogP contribution in [0.15, 0.2) is 47.1 Å². The first kappa shape index (κ1) is 22.3. The van der Waals surface area contributed by atoms with Gasteiger partial charge in [0.25, 0.3) is 0 Å². The zero-order valence-corrected chi connectivity index (χ0v) is 19.9. The Labute approximate surface area is 198 Å². The Morgan fingerprint density at radius 1 is 1.22 bits per heavy atom. The molecule has 0 fully saturated rings. The van der Waals surface area contributed by atoms with Crippen LogP contribution < -0.4 is 10.1 Å². The summed E-state index contributed by atoms with van der Waals surface area (Å²) in [5.74, 6) is 0.325. The number of rotatable bonds is 6. The fourth-order valence-electron chi connectivity index (χ4n) is 3.32. The van der Waals surface area contributed by atoms with E-state index in [4.69, 9.17) is 32.4 Å². The van der Waals surface area contributed by atoms with Crippen molar-refractivity contribution in [2.75, 3.05) is 11.9 Å². The maximum atomic E-state index is 12.5. The van der Waals surface area contributed by atoms with Crippen molar-refractivity contribution in [1.82, 2.24) is 10.2 Å². The lowest BCUT2D eigenvalue weighted by Crippen LogP contribution is -2.08. The largest absolute Gasteiger partial charge is 0.493 e. The second kappa shape index (κ2) is 9.32. The van der Waals surface area contributed by atoms with E-state index in [9.17, 15) is 4.79 Å². The Kier molecular flexibility index (Phi) is 6.50. The number of hydrogen-bond donors (Lipinski definition) is 1. The maximum Gasteiger partial charge on any atom is 0.250 e. The molecular weight excluding hydrogens is 469 g/mol. The van der Waals surface area contributed by atoms with E-state index in [0.717, 1.165) is 32.7 Å². The second-order valence-corrected chi connectivity index (χ2v) is 9.02. The van der Waals surface area contributed by atoms with Crippen LogP contribution in [0.5, 0.6) is 5.75 Å². The zero-order valence-electron chi connectivity index (χ0n) is 17.5. The molecule has 1 amide bonds. The van der Waals surface area contributed by atoms with Gasteiger partial charge in [0.1, 0.15) is 16.3 Å². The lowest BCUT2D eigenvalue weighted by atomic mass is 9.99. The summed E-state index contributed by atoms with van der Waals surface area (Å²) in [6.07, 6.45) is 3.16. The van der Waals surface area contributed by atoms with E-state index in [-0.39, 0.29) is 5.91 Å². The number of hydrogen-bond acceptors (Lipinski definition) is 6. The van der Waals surface area contributed by atoms with Crippen molar-refractivity contribution in [2.24, 2.45) is 0 Å². The number of furan rings is 1. The smallest absolute Gasteiger partial charge is 0.250 e. The predicted molar refractivity (Wildman–Crippen MR) is 130 cm³/mol. The van der Waals surface area contributed by atoms with Crippen molar-refractivity contribution in [3.05, 3.63) is 63.3 Å². The van der Waals surface area contributed by atoms with Gasteiger partial charge in [0.2, 0.25) is 11.0 Å². The number of benzene rings is 2. The second-order valence-electron chi connectivity index (χ2n) is 6.99. The minimum absolute atomic E-state index is 0.297. The molecule has 164 valence electrons. The number of fused-ring (bicyclic) bond motifs is 1. The van der Waals surface area contributed by atoms with E-state index in [1.807, 2.05) is 39.0 Å². The summed E-state index contributed by atoms with van der Waals surface area (Å²) in [6.45, 7) is 6.05. The number of aromatic nitrogens is 2. The SMILES string of the molecule is CCOc1cc2occ(-c3ccc(Cl)cc3Cl)c2cc1/C(C)=C/C(=O)Nc1nnc(C)s1. The Morgan fingerprint density at radius 3 is 2.72 bits per heavy atom. The minimum Gasteiger partial charge on any atom is -0.493 e. The molecule has 9 heteroatoms. The molecule has 0 saturated carbocycles. The molecule has 0 radical (unpaired) electrons. The third-order valence-electron chi connectivity index (χ3n) is 4.73. The van der Waals surface area contributed by atoms with E-state index < -0.39 is 0 Å². The summed E-state index contributed by atoms with van der Waals surface area (Å²) in [5.41, 5.74) is 3.78. The number of halogens is 2. The van der Waals surface area contributed by atoms with Crippen molar-refractivity contribution in [1.29, 1.82) is 0 Å². The van der Waals surface area contributed by atoms with Gasteiger partial charge >= 0.3 is 0 Å². The van der Waals surface area contributed by atoms with Crippen LogP contribution in [-0.2, 0) is 4.79 Å². The minimum atomic E-state index is -0.297. The Morgan fingerprint density at radius 2 is 2.03 bits per heavy atom. The molecule has 0 aliphatic rings. The van der Waals surface area contributed by atoms with Gasteiger partial charge in [-0.15, -0.1) is 10.2 Å². The fraction of sp³-hybridized carbons (Fsp3) is 0.174. The van der Waals surface area contributed by atoms with Crippen LogP contribution in [-0.4, -0.2) is 22.7 Å². The summed E-state index contributed by atoms with van der Waals surface area (Å²) in [6, 6.07) is 9.09. The highest BCUT2D eigenvalue weighted by Gasteiger charge is 2.17. The van der Waals surface area contributed by atoms with Gasteiger partial charge in [-0.3, -0.25) is 10.1 Å². The highest BCUT2D eigenvalue weighted by molar-refractivity contribution is 7.15. The summed E-state index contributed by atoms with van der Waals surface area (Å²) < 4.78 is 11.6. The quantitative estimate of drug-likeness (QED) is 0.296. The number of amides is 1. The van der Waals surface area contributed by atoms with Crippen molar-refractivity contribution in [3.63, 3.8) is 0 Å². The van der Waals surface area contributed by atoms with Crippen molar-refractivity contribution < 1.29 is 13.9 Å². The van der Waals surface area contributed by atoms with Crippen molar-refractivity contribution in [2.45, 2.75) is 20.8 Å². The number of anilines is 1. The van der Waals surface area contributed by atoms with E-state index in [0.29, 0.717) is 33.1 Å². The van der Waals surface area contributed by atoms with Crippen LogP contribution in [0.2, 0.25) is 10.0 Å². The van der Waals surface area contributed by atoms with Crippen LogP contribution >= 0.6 is 34.5 Å². The predicted octanol–water partition coefficient (Wildman–Crippen LogP) is 7.01. The van der Waals surface area contributed by atoms with Gasteiger partial charge in [-0.25, -0.2) is 0 Å². The molecule has 2 aromatic carbocycles. The normalized spacial score (nSPS) is 11.7. The first-order chi connectivity index (χ1) is 15.4. The Hall–Kier alpha value is -2.87. The molecule has 0 unspecified atom stereocenters. The molecular formula is C23H19Cl2N3O3S. The molecule has 0 bridgehead atoms. The molecule has 4 rings (SSSR count). The van der Waals surface area contributed by atoms with E-state index in [2.05, 4.69) is 15.5 Å². The fourth-order valence-corrected chi connectivity index (χ4v) is 4.42. The highest BCUT2D eigenvalue weighted by Crippen LogP contribution is 2.40. The number of carbonyl (C=O) groups is 1. The molecule has 32 heavy (non-hydrogen) atoms. The molecule has 0 atom stereocenters. The molecule has 0 aliphatic heterocycles. The van der Waals surface area contributed by atoms with E-state index in [1.54, 1.807) is 18.4 Å².